The summed E-state index contributed by atoms with van der Waals surface area (Å²) in [5.41, 5.74) is 2.08. The van der Waals surface area contributed by atoms with Crippen LogP contribution in [0.1, 0.15) is 11.4 Å². The molecule has 2 aromatic carbocycles. The summed E-state index contributed by atoms with van der Waals surface area (Å²) in [5, 5.41) is 17.6. The van der Waals surface area contributed by atoms with Crippen LogP contribution in [0.4, 0.5) is 0 Å². The van der Waals surface area contributed by atoms with Gasteiger partial charge in [-0.1, -0.05) is 54.2 Å². The van der Waals surface area contributed by atoms with E-state index in [1.54, 1.807) is 6.07 Å². The maximum Gasteiger partial charge on any atom is 0.345 e. The van der Waals surface area contributed by atoms with E-state index in [0.29, 0.717) is 23.6 Å². The first-order valence-electron chi connectivity index (χ1n) is 9.84. The molecule has 0 saturated heterocycles. The van der Waals surface area contributed by atoms with Crippen molar-refractivity contribution in [3.63, 3.8) is 0 Å². The number of esters is 1. The number of H-pyrrole nitrogens is 2. The van der Waals surface area contributed by atoms with E-state index in [-0.39, 0.29) is 28.6 Å². The van der Waals surface area contributed by atoms with Crippen LogP contribution in [-0.2, 0) is 22.5 Å². The lowest BCUT2D eigenvalue weighted by atomic mass is 10.1. The molecule has 0 unspecified atom stereocenters. The Morgan fingerprint density at radius 3 is 2.66 bits per heavy atom. The van der Waals surface area contributed by atoms with E-state index in [0.717, 1.165) is 22.8 Å². The molecule has 0 aliphatic heterocycles. The number of aromatic nitrogens is 5. The number of benzene rings is 2. The number of thioether (sulfide) groups is 1. The quantitative estimate of drug-likeness (QED) is 0.163. The average molecular weight is 452 g/mol. The van der Waals surface area contributed by atoms with Gasteiger partial charge in [0.2, 0.25) is 0 Å². The number of para-hydroxylation sites is 2. The summed E-state index contributed by atoms with van der Waals surface area (Å²) < 4.78 is 6.35. The minimum atomic E-state index is -0.717. The number of carbonyl (C=O) groups excluding carboxylic acids is 1. The lowest BCUT2D eigenvalue weighted by molar-refractivity contribution is -0.133. The summed E-state index contributed by atoms with van der Waals surface area (Å²) in [7, 11) is 1.24. The Morgan fingerprint density at radius 2 is 1.91 bits per heavy atom. The van der Waals surface area contributed by atoms with Gasteiger partial charge in [0.05, 0.1) is 23.9 Å². The molecule has 2 heterocycles. The molecule has 0 amide bonds. The maximum atomic E-state index is 12.4. The van der Waals surface area contributed by atoms with Crippen LogP contribution in [0.5, 0.6) is 0 Å². The fourth-order valence-corrected chi connectivity index (χ4v) is 4.08. The number of imidazole rings is 1. The molecule has 32 heavy (non-hydrogen) atoms. The topological polar surface area (TPSA) is 126 Å². The van der Waals surface area contributed by atoms with Crippen molar-refractivity contribution >= 4 is 34.3 Å². The lowest BCUT2D eigenvalue weighted by Gasteiger charge is -2.08. The van der Waals surface area contributed by atoms with Crippen LogP contribution >= 0.6 is 11.8 Å². The smallest absolute Gasteiger partial charge is 0.345 e. The second-order valence-corrected chi connectivity index (χ2v) is 7.85. The number of fused-ring (bicyclic) bond motifs is 1. The van der Waals surface area contributed by atoms with Crippen LogP contribution in [0, 0.1) is 0 Å². The predicted octanol–water partition coefficient (Wildman–Crippen LogP) is 2.92. The highest BCUT2D eigenvalue weighted by Crippen LogP contribution is 2.24. The number of aliphatic hydroxyl groups excluding tert-OH is 1. The molecule has 4 rings (SSSR count). The first kappa shape index (κ1) is 21.4. The first-order valence-corrected chi connectivity index (χ1v) is 10.8. The van der Waals surface area contributed by atoms with E-state index in [1.165, 1.54) is 11.7 Å². The number of nitrogens with zero attached hydrogens (tertiary/aromatic N) is 3. The summed E-state index contributed by atoms with van der Waals surface area (Å²) in [6.07, 6.45) is 0.655. The van der Waals surface area contributed by atoms with E-state index >= 15 is 0 Å². The van der Waals surface area contributed by atoms with Gasteiger partial charge in [0.1, 0.15) is 17.2 Å². The molecule has 0 atom stereocenters. The second-order valence-electron chi connectivity index (χ2n) is 6.90. The van der Waals surface area contributed by atoms with Gasteiger partial charge in [0, 0.05) is 6.54 Å². The number of nitrogens with one attached hydrogen (secondary N) is 2. The third kappa shape index (κ3) is 4.59. The van der Waals surface area contributed by atoms with Gasteiger partial charge in [-0.3, -0.25) is 4.57 Å². The number of aromatic amines is 2. The minimum Gasteiger partial charge on any atom is -0.510 e. The van der Waals surface area contributed by atoms with Gasteiger partial charge in [-0.2, -0.15) is 0 Å². The van der Waals surface area contributed by atoms with Crippen LogP contribution < -0.4 is 5.69 Å². The molecule has 10 heteroatoms. The molecule has 3 N–H and O–H groups in total. The molecule has 0 aliphatic carbocycles. The Balaban J connectivity index is 1.56. The van der Waals surface area contributed by atoms with Gasteiger partial charge in [0.15, 0.2) is 5.16 Å². The molecule has 0 saturated carbocycles. The highest BCUT2D eigenvalue weighted by Gasteiger charge is 2.23. The van der Waals surface area contributed by atoms with E-state index < -0.39 is 5.97 Å². The fourth-order valence-electron chi connectivity index (χ4n) is 3.23. The predicted molar refractivity (Wildman–Crippen MR) is 121 cm³/mol. The number of aliphatic hydroxyl groups is 1. The summed E-state index contributed by atoms with van der Waals surface area (Å²) >= 11 is 1.13. The number of aryl methyl sites for hydroxylation is 1. The minimum absolute atomic E-state index is 0.00287. The number of hydrogen-bond donors (Lipinski definition) is 3. The Labute approximate surface area is 187 Å². The molecule has 0 aliphatic rings. The Hall–Kier alpha value is -3.79. The fraction of sp³-hybridized carbons (Fsp3) is 0.182. The van der Waals surface area contributed by atoms with Crippen LogP contribution in [0.15, 0.2) is 70.3 Å². The third-order valence-corrected chi connectivity index (χ3v) is 5.82. The van der Waals surface area contributed by atoms with Crippen molar-refractivity contribution in [2.24, 2.45) is 0 Å². The Kier molecular flexibility index (Phi) is 6.41. The number of ether oxygens (including phenoxy) is 1. The summed E-state index contributed by atoms with van der Waals surface area (Å²) in [6.45, 7) is 0.430. The SMILES string of the molecule is COC(=O)/C(=C(/O)CSc1n[nH]c(=O)n1CCc1ccccc1)c1nc2ccccc2[nH]1. The van der Waals surface area contributed by atoms with Crippen LogP contribution in [0.25, 0.3) is 16.6 Å². The second kappa shape index (κ2) is 9.56. The Bertz CT molecular complexity index is 1290. The van der Waals surface area contributed by atoms with Gasteiger partial charge in [0.25, 0.3) is 0 Å². The van der Waals surface area contributed by atoms with Crippen molar-refractivity contribution in [3.8, 4) is 0 Å². The number of carbonyl (C=O) groups is 1. The van der Waals surface area contributed by atoms with Gasteiger partial charge < -0.3 is 14.8 Å². The molecular weight excluding hydrogens is 430 g/mol. The highest BCUT2D eigenvalue weighted by atomic mass is 32.2. The molecule has 0 spiro atoms. The number of rotatable bonds is 8. The zero-order valence-corrected chi connectivity index (χ0v) is 18.1. The summed E-state index contributed by atoms with van der Waals surface area (Å²) in [5.74, 6) is -0.742. The molecule has 0 radical (unpaired) electrons. The van der Waals surface area contributed by atoms with Gasteiger partial charge in [-0.15, -0.1) is 5.10 Å². The third-order valence-electron chi connectivity index (χ3n) is 4.83. The molecule has 0 bridgehead atoms. The van der Waals surface area contributed by atoms with Crippen molar-refractivity contribution in [1.82, 2.24) is 24.7 Å². The zero-order chi connectivity index (χ0) is 22.5. The average Bonchev–Trinajstić information content (AvgIpc) is 3.39. The van der Waals surface area contributed by atoms with Gasteiger partial charge in [-0.05, 0) is 24.1 Å². The van der Waals surface area contributed by atoms with Crippen LogP contribution in [0.2, 0.25) is 0 Å². The van der Waals surface area contributed by atoms with Crippen molar-refractivity contribution in [2.45, 2.75) is 18.1 Å². The molecular formula is C22H21N5O4S. The lowest BCUT2D eigenvalue weighted by Crippen LogP contribution is -2.19. The van der Waals surface area contributed by atoms with E-state index in [1.807, 2.05) is 48.5 Å². The van der Waals surface area contributed by atoms with Gasteiger partial charge in [-0.25, -0.2) is 19.7 Å². The van der Waals surface area contributed by atoms with Crippen molar-refractivity contribution in [1.29, 1.82) is 0 Å². The molecule has 9 nitrogen and oxygen atoms in total. The van der Waals surface area contributed by atoms with E-state index in [9.17, 15) is 14.7 Å². The van der Waals surface area contributed by atoms with Crippen molar-refractivity contribution in [2.75, 3.05) is 12.9 Å². The standard InChI is InChI=1S/C22H21N5O4S/c1-31-20(29)18(19-23-15-9-5-6-10-16(15)24-19)17(28)13-32-22-26-25-21(30)27(22)12-11-14-7-3-2-4-8-14/h2-10,28H,11-13H2,1H3,(H,23,24)(H,25,30)/b18-17+. The monoisotopic (exact) mass is 451 g/mol. The molecule has 2 aromatic heterocycles. The Morgan fingerprint density at radius 1 is 1.16 bits per heavy atom. The van der Waals surface area contributed by atoms with E-state index in [4.69, 9.17) is 4.74 Å². The maximum absolute atomic E-state index is 12.4. The molecule has 0 fully saturated rings. The van der Waals surface area contributed by atoms with Crippen molar-refractivity contribution in [3.05, 3.63) is 82.2 Å². The molecule has 164 valence electrons. The zero-order valence-electron chi connectivity index (χ0n) is 17.2. The largest absolute Gasteiger partial charge is 0.510 e. The summed E-state index contributed by atoms with van der Waals surface area (Å²) in [4.78, 5) is 32.0. The van der Waals surface area contributed by atoms with Crippen LogP contribution in [-0.4, -0.2) is 48.7 Å². The van der Waals surface area contributed by atoms with E-state index in [2.05, 4.69) is 20.2 Å². The normalized spacial score (nSPS) is 12.0. The van der Waals surface area contributed by atoms with Gasteiger partial charge >= 0.3 is 11.7 Å². The van der Waals surface area contributed by atoms with Crippen molar-refractivity contribution < 1.29 is 14.6 Å². The number of hydrogen-bond acceptors (Lipinski definition) is 7. The van der Waals surface area contributed by atoms with Crippen LogP contribution in [0.3, 0.4) is 0 Å². The summed E-state index contributed by atoms with van der Waals surface area (Å²) in [6, 6.07) is 17.1. The highest BCUT2D eigenvalue weighted by molar-refractivity contribution is 7.99. The first-order chi connectivity index (χ1) is 15.6. The molecule has 4 aromatic rings. The number of methoxy groups -OCH3 is 1.